The average molecular weight is 253 g/mol. The van der Waals surface area contributed by atoms with E-state index < -0.39 is 0 Å². The van der Waals surface area contributed by atoms with Gasteiger partial charge in [-0.25, -0.2) is 4.39 Å². The van der Waals surface area contributed by atoms with E-state index in [0.29, 0.717) is 11.7 Å². The second-order valence-electron chi connectivity index (χ2n) is 4.31. The molecule has 1 atom stereocenters. The number of likely N-dealkylation sites (tertiary alicyclic amines) is 1. The highest BCUT2D eigenvalue weighted by Crippen LogP contribution is 2.27. The molecule has 0 N–H and O–H groups in total. The number of hydrogen-bond donors (Lipinski definition) is 0. The molecule has 4 heteroatoms. The van der Waals surface area contributed by atoms with E-state index in [1.807, 2.05) is 23.3 Å². The molecule has 0 aliphatic carbocycles. The maximum absolute atomic E-state index is 12.8. The van der Waals surface area contributed by atoms with Gasteiger partial charge >= 0.3 is 0 Å². The number of carbonyl (C=O) groups is 1. The Bertz CT molecular complexity index is 393. The van der Waals surface area contributed by atoms with Gasteiger partial charge in [0.15, 0.2) is 0 Å². The first-order valence-corrected chi connectivity index (χ1v) is 7.12. The average Bonchev–Trinajstić information content (AvgIpc) is 2.80. The van der Waals surface area contributed by atoms with E-state index in [9.17, 15) is 9.18 Å². The summed E-state index contributed by atoms with van der Waals surface area (Å²) >= 11 is 1.55. The lowest BCUT2D eigenvalue weighted by Gasteiger charge is -2.16. The second kappa shape index (κ2) is 5.54. The van der Waals surface area contributed by atoms with Gasteiger partial charge in [0.05, 0.1) is 5.75 Å². The number of hydrogen-bond acceptors (Lipinski definition) is 2. The summed E-state index contributed by atoms with van der Waals surface area (Å²) in [7, 11) is 0. The van der Waals surface area contributed by atoms with Crippen LogP contribution in [0.2, 0.25) is 0 Å². The topological polar surface area (TPSA) is 20.3 Å². The van der Waals surface area contributed by atoms with Gasteiger partial charge in [-0.3, -0.25) is 4.79 Å². The van der Waals surface area contributed by atoms with Crippen LogP contribution in [0.3, 0.4) is 0 Å². The molecule has 0 bridgehead atoms. The molecule has 1 aliphatic heterocycles. The molecule has 1 aromatic carbocycles. The lowest BCUT2D eigenvalue weighted by atomic mass is 9.99. The van der Waals surface area contributed by atoms with Crippen LogP contribution in [0.5, 0.6) is 0 Å². The third-order valence-corrected chi connectivity index (χ3v) is 3.69. The lowest BCUT2D eigenvalue weighted by Crippen LogP contribution is -2.29. The predicted molar refractivity (Wildman–Crippen MR) is 68.7 cm³/mol. The van der Waals surface area contributed by atoms with Gasteiger partial charge in [-0.15, -0.1) is 0 Å². The van der Waals surface area contributed by atoms with Crippen LogP contribution in [0.25, 0.3) is 0 Å². The molecule has 2 nitrogen and oxygen atoms in total. The third kappa shape index (κ3) is 3.00. The lowest BCUT2D eigenvalue weighted by molar-refractivity contribution is -0.127. The Kier molecular flexibility index (Phi) is 4.05. The van der Waals surface area contributed by atoms with Crippen LogP contribution in [0, 0.1) is 5.82 Å². The van der Waals surface area contributed by atoms with Gasteiger partial charge in [0.1, 0.15) is 5.82 Å². The van der Waals surface area contributed by atoms with E-state index in [1.54, 1.807) is 11.8 Å². The molecule has 1 unspecified atom stereocenters. The largest absolute Gasteiger partial charge is 0.341 e. The first-order valence-electron chi connectivity index (χ1n) is 5.73. The fourth-order valence-corrected chi connectivity index (χ4v) is 2.64. The fraction of sp³-hybridized carbons (Fsp3) is 0.462. The monoisotopic (exact) mass is 253 g/mol. The van der Waals surface area contributed by atoms with Crippen LogP contribution in [-0.2, 0) is 4.79 Å². The Labute approximate surface area is 105 Å². The molecule has 1 saturated heterocycles. The van der Waals surface area contributed by atoms with Crippen LogP contribution in [0.4, 0.5) is 4.39 Å². The summed E-state index contributed by atoms with van der Waals surface area (Å²) in [4.78, 5) is 13.6. The van der Waals surface area contributed by atoms with Crippen molar-refractivity contribution in [2.45, 2.75) is 12.3 Å². The van der Waals surface area contributed by atoms with E-state index in [-0.39, 0.29) is 11.7 Å². The van der Waals surface area contributed by atoms with Gasteiger partial charge in [-0.2, -0.15) is 11.8 Å². The van der Waals surface area contributed by atoms with Crippen molar-refractivity contribution in [1.82, 2.24) is 4.90 Å². The van der Waals surface area contributed by atoms with Crippen molar-refractivity contribution in [2.75, 3.05) is 25.1 Å². The normalized spacial score (nSPS) is 19.6. The quantitative estimate of drug-likeness (QED) is 0.825. The number of halogens is 1. The molecule has 17 heavy (non-hydrogen) atoms. The number of rotatable bonds is 3. The minimum atomic E-state index is -0.206. The fourth-order valence-electron chi connectivity index (χ4n) is 2.21. The van der Waals surface area contributed by atoms with Gasteiger partial charge < -0.3 is 4.90 Å². The first kappa shape index (κ1) is 12.4. The van der Waals surface area contributed by atoms with Gasteiger partial charge in [0, 0.05) is 19.0 Å². The van der Waals surface area contributed by atoms with Crippen LogP contribution in [0.15, 0.2) is 24.3 Å². The molecule has 92 valence electrons. The maximum atomic E-state index is 12.8. The molecule has 0 saturated carbocycles. The minimum absolute atomic E-state index is 0.206. The van der Waals surface area contributed by atoms with E-state index in [0.717, 1.165) is 25.1 Å². The smallest absolute Gasteiger partial charge is 0.232 e. The standard InChI is InChI=1S/C13H16FNOS/c1-17-9-13(16)15-7-6-11(8-15)10-2-4-12(14)5-3-10/h2-5,11H,6-9H2,1H3. The van der Waals surface area contributed by atoms with E-state index in [4.69, 9.17) is 0 Å². The summed E-state index contributed by atoms with van der Waals surface area (Å²) in [6.07, 6.45) is 2.91. The summed E-state index contributed by atoms with van der Waals surface area (Å²) in [6.45, 7) is 1.59. The van der Waals surface area contributed by atoms with E-state index in [2.05, 4.69) is 0 Å². The molecule has 0 radical (unpaired) electrons. The zero-order valence-corrected chi connectivity index (χ0v) is 10.7. The van der Waals surface area contributed by atoms with Crippen molar-refractivity contribution in [3.8, 4) is 0 Å². The second-order valence-corrected chi connectivity index (χ2v) is 5.18. The number of carbonyl (C=O) groups excluding carboxylic acids is 1. The van der Waals surface area contributed by atoms with Crippen molar-refractivity contribution in [3.05, 3.63) is 35.6 Å². The summed E-state index contributed by atoms with van der Waals surface area (Å²) in [6, 6.07) is 6.62. The molecular formula is C13H16FNOS. The van der Waals surface area contributed by atoms with Gasteiger partial charge in [-0.05, 0) is 30.4 Å². The summed E-state index contributed by atoms with van der Waals surface area (Å²) in [5.74, 6) is 0.918. The highest BCUT2D eigenvalue weighted by atomic mass is 32.2. The molecule has 1 amide bonds. The molecule has 0 spiro atoms. The van der Waals surface area contributed by atoms with Gasteiger partial charge in [-0.1, -0.05) is 12.1 Å². The summed E-state index contributed by atoms with van der Waals surface area (Å²) < 4.78 is 12.8. The van der Waals surface area contributed by atoms with Gasteiger partial charge in [0.25, 0.3) is 0 Å². The molecule has 0 aromatic heterocycles. The van der Waals surface area contributed by atoms with Crippen molar-refractivity contribution in [3.63, 3.8) is 0 Å². The predicted octanol–water partition coefficient (Wildman–Crippen LogP) is 2.50. The molecule has 1 aliphatic rings. The Morgan fingerprint density at radius 3 is 2.82 bits per heavy atom. The number of amides is 1. The highest BCUT2D eigenvalue weighted by Gasteiger charge is 2.26. The third-order valence-electron chi connectivity index (χ3n) is 3.15. The Morgan fingerprint density at radius 1 is 1.47 bits per heavy atom. The zero-order chi connectivity index (χ0) is 12.3. The van der Waals surface area contributed by atoms with Gasteiger partial charge in [0.2, 0.25) is 5.91 Å². The van der Waals surface area contributed by atoms with Crippen molar-refractivity contribution in [1.29, 1.82) is 0 Å². The van der Waals surface area contributed by atoms with Crippen LogP contribution in [-0.4, -0.2) is 35.9 Å². The molecule has 2 rings (SSSR count). The van der Waals surface area contributed by atoms with Crippen LogP contribution >= 0.6 is 11.8 Å². The van der Waals surface area contributed by atoms with Crippen LogP contribution in [0.1, 0.15) is 17.9 Å². The Hall–Kier alpha value is -1.03. The molecular weight excluding hydrogens is 237 g/mol. The molecule has 1 fully saturated rings. The Morgan fingerprint density at radius 2 is 2.18 bits per heavy atom. The zero-order valence-electron chi connectivity index (χ0n) is 9.86. The molecule has 1 aromatic rings. The molecule has 1 heterocycles. The Balaban J connectivity index is 1.98. The van der Waals surface area contributed by atoms with Crippen molar-refractivity contribution in [2.24, 2.45) is 0 Å². The minimum Gasteiger partial charge on any atom is -0.341 e. The number of nitrogens with zero attached hydrogens (tertiary/aromatic N) is 1. The summed E-state index contributed by atoms with van der Waals surface area (Å²) in [5.41, 5.74) is 1.13. The first-order chi connectivity index (χ1) is 8.20. The maximum Gasteiger partial charge on any atom is 0.232 e. The SMILES string of the molecule is CSCC(=O)N1CCC(c2ccc(F)cc2)C1. The van der Waals surface area contributed by atoms with Crippen LogP contribution < -0.4 is 0 Å². The highest BCUT2D eigenvalue weighted by molar-refractivity contribution is 7.99. The van der Waals surface area contributed by atoms with E-state index >= 15 is 0 Å². The number of benzene rings is 1. The van der Waals surface area contributed by atoms with Crippen molar-refractivity contribution >= 4 is 17.7 Å². The summed E-state index contributed by atoms with van der Waals surface area (Å²) in [5, 5.41) is 0. The van der Waals surface area contributed by atoms with E-state index in [1.165, 1.54) is 12.1 Å². The van der Waals surface area contributed by atoms with Crippen molar-refractivity contribution < 1.29 is 9.18 Å². The number of thioether (sulfide) groups is 1.